The molecule has 1 aliphatic carbocycles. The molecule has 7 heteroatoms. The Balaban J connectivity index is 1.52. The topological polar surface area (TPSA) is 80.9 Å². The zero-order valence-electron chi connectivity index (χ0n) is 11.5. The van der Waals surface area contributed by atoms with Crippen LogP contribution >= 0.6 is 11.3 Å². The molecule has 0 radical (unpaired) electrons. The maximum Gasteiger partial charge on any atom is 0.235 e. The molecule has 0 atom stereocenters. The van der Waals surface area contributed by atoms with Crippen molar-refractivity contribution in [2.75, 3.05) is 0 Å². The minimum atomic E-state index is -0.0791. The van der Waals surface area contributed by atoms with Gasteiger partial charge in [0.05, 0.1) is 23.7 Å². The summed E-state index contributed by atoms with van der Waals surface area (Å²) >= 11 is 1.61. The Morgan fingerprint density at radius 1 is 1.40 bits per heavy atom. The van der Waals surface area contributed by atoms with Gasteiger partial charge in [-0.15, -0.1) is 21.5 Å². The zero-order valence-corrected chi connectivity index (χ0v) is 12.3. The number of carbonyl (C=O) groups excluding carboxylic acids is 1. The molecule has 0 saturated heterocycles. The largest absolute Gasteiger partial charge is 0.423 e. The fourth-order valence-electron chi connectivity index (χ4n) is 1.96. The summed E-state index contributed by atoms with van der Waals surface area (Å²) in [4.78, 5) is 17.3. The van der Waals surface area contributed by atoms with Crippen molar-refractivity contribution in [1.29, 1.82) is 0 Å². The van der Waals surface area contributed by atoms with Crippen molar-refractivity contribution in [3.63, 3.8) is 0 Å². The van der Waals surface area contributed by atoms with Crippen molar-refractivity contribution < 1.29 is 9.21 Å². The molecule has 1 saturated carbocycles. The number of rotatable bonds is 5. The van der Waals surface area contributed by atoms with E-state index in [9.17, 15) is 4.79 Å². The maximum atomic E-state index is 11.9. The van der Waals surface area contributed by atoms with Gasteiger partial charge in [0.1, 0.15) is 0 Å². The van der Waals surface area contributed by atoms with Crippen LogP contribution in [0, 0.1) is 13.8 Å². The average Bonchev–Trinajstić information content (AvgIpc) is 3.06. The number of amides is 1. The second-order valence-electron chi connectivity index (χ2n) is 5.00. The van der Waals surface area contributed by atoms with Crippen LogP contribution in [0.15, 0.2) is 4.42 Å². The van der Waals surface area contributed by atoms with Crippen molar-refractivity contribution in [1.82, 2.24) is 20.5 Å². The number of aromatic nitrogens is 3. The van der Waals surface area contributed by atoms with Gasteiger partial charge in [-0.2, -0.15) is 0 Å². The van der Waals surface area contributed by atoms with Crippen LogP contribution < -0.4 is 5.32 Å². The number of hydrogen-bond donors (Lipinski definition) is 1. The highest BCUT2D eigenvalue weighted by molar-refractivity contribution is 7.11. The van der Waals surface area contributed by atoms with Crippen LogP contribution in [0.25, 0.3) is 0 Å². The normalized spacial score (nSPS) is 14.5. The molecule has 0 unspecified atom stereocenters. The standard InChI is InChI=1S/C13H16N4O2S/c1-7-10(15-8(2)20-7)5-11(18)14-6-12-16-17-13(19-12)9-3-4-9/h9H,3-6H2,1-2H3,(H,14,18). The van der Waals surface area contributed by atoms with Crippen LogP contribution in [-0.4, -0.2) is 21.1 Å². The van der Waals surface area contributed by atoms with Crippen LogP contribution in [-0.2, 0) is 17.8 Å². The molecular formula is C13H16N4O2S. The predicted octanol–water partition coefficient (Wildman–Crippen LogP) is 1.88. The Labute approximate surface area is 120 Å². The first-order chi connectivity index (χ1) is 9.61. The molecule has 1 amide bonds. The van der Waals surface area contributed by atoms with Crippen molar-refractivity contribution >= 4 is 17.2 Å². The van der Waals surface area contributed by atoms with Gasteiger partial charge in [-0.05, 0) is 26.7 Å². The van der Waals surface area contributed by atoms with E-state index in [1.807, 2.05) is 13.8 Å². The first-order valence-electron chi connectivity index (χ1n) is 6.63. The van der Waals surface area contributed by atoms with Crippen molar-refractivity contribution in [3.8, 4) is 0 Å². The van der Waals surface area contributed by atoms with Crippen molar-refractivity contribution in [2.24, 2.45) is 0 Å². The van der Waals surface area contributed by atoms with Crippen LogP contribution in [0.3, 0.4) is 0 Å². The Bertz CT molecular complexity index is 630. The molecule has 20 heavy (non-hydrogen) atoms. The number of thiazole rings is 1. The van der Waals surface area contributed by atoms with Gasteiger partial charge in [0.25, 0.3) is 0 Å². The molecule has 2 heterocycles. The highest BCUT2D eigenvalue weighted by atomic mass is 32.1. The third-order valence-electron chi connectivity index (χ3n) is 3.17. The van der Waals surface area contributed by atoms with E-state index in [0.717, 1.165) is 28.4 Å². The quantitative estimate of drug-likeness (QED) is 0.910. The molecule has 0 aliphatic heterocycles. The molecule has 2 aromatic rings. The monoisotopic (exact) mass is 292 g/mol. The number of nitrogens with one attached hydrogen (secondary N) is 1. The van der Waals surface area contributed by atoms with Crippen molar-refractivity contribution in [2.45, 2.75) is 45.6 Å². The van der Waals surface area contributed by atoms with Gasteiger partial charge in [-0.25, -0.2) is 4.98 Å². The number of hydrogen-bond acceptors (Lipinski definition) is 6. The zero-order chi connectivity index (χ0) is 14.1. The first-order valence-corrected chi connectivity index (χ1v) is 7.45. The number of carbonyl (C=O) groups is 1. The molecule has 2 aromatic heterocycles. The Morgan fingerprint density at radius 2 is 2.20 bits per heavy atom. The Kier molecular flexibility index (Phi) is 3.52. The molecule has 0 spiro atoms. The Hall–Kier alpha value is -1.76. The maximum absolute atomic E-state index is 11.9. The van der Waals surface area contributed by atoms with Gasteiger partial charge in [0.2, 0.25) is 17.7 Å². The van der Waals surface area contributed by atoms with Crippen LogP contribution in [0.2, 0.25) is 0 Å². The summed E-state index contributed by atoms with van der Waals surface area (Å²) in [6.07, 6.45) is 2.53. The summed E-state index contributed by atoms with van der Waals surface area (Å²) < 4.78 is 5.49. The number of aryl methyl sites for hydroxylation is 2. The lowest BCUT2D eigenvalue weighted by Crippen LogP contribution is -2.25. The van der Waals surface area contributed by atoms with Crippen LogP contribution in [0.4, 0.5) is 0 Å². The molecule has 3 rings (SSSR count). The summed E-state index contributed by atoms with van der Waals surface area (Å²) in [7, 11) is 0. The second-order valence-corrected chi connectivity index (χ2v) is 6.40. The van der Waals surface area contributed by atoms with E-state index in [-0.39, 0.29) is 12.5 Å². The van der Waals surface area contributed by atoms with E-state index in [0.29, 0.717) is 24.1 Å². The molecule has 6 nitrogen and oxygen atoms in total. The van der Waals surface area contributed by atoms with E-state index in [4.69, 9.17) is 4.42 Å². The highest BCUT2D eigenvalue weighted by Crippen LogP contribution is 2.38. The van der Waals surface area contributed by atoms with Gasteiger partial charge in [0.15, 0.2) is 0 Å². The first kappa shape index (κ1) is 13.2. The van der Waals surface area contributed by atoms with E-state index in [2.05, 4.69) is 20.5 Å². The fraction of sp³-hybridized carbons (Fsp3) is 0.538. The number of nitrogens with zero attached hydrogens (tertiary/aromatic N) is 3. The summed E-state index contributed by atoms with van der Waals surface area (Å²) in [5.41, 5.74) is 0.842. The summed E-state index contributed by atoms with van der Waals surface area (Å²) in [5.74, 6) is 1.52. The molecule has 0 bridgehead atoms. The molecule has 0 aromatic carbocycles. The third-order valence-corrected chi connectivity index (χ3v) is 4.10. The third kappa shape index (κ3) is 3.04. The summed E-state index contributed by atoms with van der Waals surface area (Å²) in [5, 5.41) is 11.7. The van der Waals surface area contributed by atoms with Crippen LogP contribution in [0.5, 0.6) is 0 Å². The second kappa shape index (κ2) is 5.32. The summed E-state index contributed by atoms with van der Waals surface area (Å²) in [6.45, 7) is 4.20. The average molecular weight is 292 g/mol. The Morgan fingerprint density at radius 3 is 2.85 bits per heavy atom. The minimum absolute atomic E-state index is 0.0791. The predicted molar refractivity (Wildman–Crippen MR) is 73.4 cm³/mol. The van der Waals surface area contributed by atoms with Gasteiger partial charge in [0, 0.05) is 10.8 Å². The van der Waals surface area contributed by atoms with Crippen molar-refractivity contribution in [3.05, 3.63) is 27.4 Å². The van der Waals surface area contributed by atoms with E-state index in [1.165, 1.54) is 0 Å². The molecule has 1 fully saturated rings. The van der Waals surface area contributed by atoms with E-state index >= 15 is 0 Å². The smallest absolute Gasteiger partial charge is 0.235 e. The molecule has 1 N–H and O–H groups in total. The van der Waals surface area contributed by atoms with Gasteiger partial charge in [-0.3, -0.25) is 4.79 Å². The highest BCUT2D eigenvalue weighted by Gasteiger charge is 2.29. The van der Waals surface area contributed by atoms with Gasteiger partial charge >= 0.3 is 0 Å². The van der Waals surface area contributed by atoms with Crippen LogP contribution in [0.1, 0.15) is 46.1 Å². The SMILES string of the molecule is Cc1nc(CC(=O)NCc2nnc(C3CC3)o2)c(C)s1. The molecule has 106 valence electrons. The lowest BCUT2D eigenvalue weighted by Gasteiger charge is -2.01. The lowest BCUT2D eigenvalue weighted by molar-refractivity contribution is -0.120. The summed E-state index contributed by atoms with van der Waals surface area (Å²) in [6, 6.07) is 0. The lowest BCUT2D eigenvalue weighted by atomic mass is 10.2. The van der Waals surface area contributed by atoms with Gasteiger partial charge < -0.3 is 9.73 Å². The van der Waals surface area contributed by atoms with E-state index in [1.54, 1.807) is 11.3 Å². The molecule has 1 aliphatic rings. The van der Waals surface area contributed by atoms with Gasteiger partial charge in [-0.1, -0.05) is 0 Å². The fourth-order valence-corrected chi connectivity index (χ4v) is 2.79. The molecular weight excluding hydrogens is 276 g/mol. The minimum Gasteiger partial charge on any atom is -0.423 e. The van der Waals surface area contributed by atoms with E-state index < -0.39 is 0 Å².